The Morgan fingerprint density at radius 2 is 2.05 bits per heavy atom. The smallest absolute Gasteiger partial charge is 0.243 e. The van der Waals surface area contributed by atoms with Gasteiger partial charge >= 0.3 is 0 Å². The largest absolute Gasteiger partial charge is 0.494 e. The molecule has 0 bridgehead atoms. The fraction of sp³-hybridized carbons (Fsp3) is 0.600. The summed E-state index contributed by atoms with van der Waals surface area (Å²) in [5.74, 6) is 0.677. The summed E-state index contributed by atoms with van der Waals surface area (Å²) in [6.07, 6.45) is 3.54. The van der Waals surface area contributed by atoms with E-state index in [2.05, 4.69) is 0 Å². The molecule has 1 atom stereocenters. The van der Waals surface area contributed by atoms with Crippen LogP contribution in [-0.2, 0) is 10.0 Å². The monoisotopic (exact) mass is 312 g/mol. The summed E-state index contributed by atoms with van der Waals surface area (Å²) in [5, 5.41) is 0. The van der Waals surface area contributed by atoms with E-state index in [4.69, 9.17) is 10.5 Å². The minimum Gasteiger partial charge on any atom is -0.494 e. The van der Waals surface area contributed by atoms with E-state index < -0.39 is 10.0 Å². The van der Waals surface area contributed by atoms with Crippen LogP contribution in [0, 0.1) is 0 Å². The maximum absolute atomic E-state index is 12.6. The predicted molar refractivity (Wildman–Crippen MR) is 82.8 cm³/mol. The molecule has 2 N–H and O–H groups in total. The molecule has 0 aliphatic carbocycles. The van der Waals surface area contributed by atoms with Gasteiger partial charge < -0.3 is 10.5 Å². The quantitative estimate of drug-likeness (QED) is 0.781. The molecule has 1 saturated heterocycles. The molecule has 0 saturated carbocycles. The van der Waals surface area contributed by atoms with Gasteiger partial charge in [-0.2, -0.15) is 4.31 Å². The highest BCUT2D eigenvalue weighted by Crippen LogP contribution is 2.28. The van der Waals surface area contributed by atoms with Crippen LogP contribution in [-0.4, -0.2) is 38.5 Å². The van der Waals surface area contributed by atoms with Gasteiger partial charge in [-0.05, 0) is 56.5 Å². The highest BCUT2D eigenvalue weighted by molar-refractivity contribution is 7.89. The van der Waals surface area contributed by atoms with Crippen molar-refractivity contribution < 1.29 is 13.2 Å². The Kier molecular flexibility index (Phi) is 5.61. The first-order chi connectivity index (χ1) is 10.1. The van der Waals surface area contributed by atoms with Gasteiger partial charge in [-0.3, -0.25) is 0 Å². The fourth-order valence-electron chi connectivity index (χ4n) is 2.65. The molecule has 1 unspecified atom stereocenters. The topological polar surface area (TPSA) is 72.6 Å². The predicted octanol–water partition coefficient (Wildman–Crippen LogP) is 1.98. The molecule has 118 valence electrons. The third-order valence-corrected chi connectivity index (χ3v) is 5.81. The summed E-state index contributed by atoms with van der Waals surface area (Å²) >= 11 is 0. The molecule has 0 radical (unpaired) electrons. The molecule has 1 heterocycles. The van der Waals surface area contributed by atoms with E-state index in [0.29, 0.717) is 30.3 Å². The van der Waals surface area contributed by atoms with Gasteiger partial charge in [-0.15, -0.1) is 0 Å². The first-order valence-corrected chi connectivity index (χ1v) is 8.98. The number of nitrogens with two attached hydrogens (primary N) is 1. The van der Waals surface area contributed by atoms with Crippen molar-refractivity contribution >= 4 is 10.0 Å². The van der Waals surface area contributed by atoms with Gasteiger partial charge in [-0.25, -0.2) is 8.42 Å². The number of sulfonamides is 1. The fourth-order valence-corrected chi connectivity index (χ4v) is 4.42. The second-order valence-corrected chi connectivity index (χ2v) is 7.17. The Hall–Kier alpha value is -1.11. The Morgan fingerprint density at radius 3 is 2.67 bits per heavy atom. The van der Waals surface area contributed by atoms with Gasteiger partial charge in [0.1, 0.15) is 5.75 Å². The van der Waals surface area contributed by atoms with E-state index in [-0.39, 0.29) is 6.04 Å². The third-order valence-electron chi connectivity index (χ3n) is 3.84. The summed E-state index contributed by atoms with van der Waals surface area (Å²) in [4.78, 5) is 0.342. The number of hydrogen-bond acceptors (Lipinski definition) is 4. The molecule has 1 aromatic carbocycles. The van der Waals surface area contributed by atoms with Crippen molar-refractivity contribution in [3.8, 4) is 5.75 Å². The Balaban J connectivity index is 2.10. The standard InChI is InChI=1S/C15H24N2O3S/c1-2-13-5-3-11-17(13)21(18,19)15-8-6-14(7-9-15)20-12-4-10-16/h6-9,13H,2-5,10-12,16H2,1H3. The van der Waals surface area contributed by atoms with Crippen molar-refractivity contribution in [3.63, 3.8) is 0 Å². The second-order valence-electron chi connectivity index (χ2n) is 5.28. The van der Waals surface area contributed by atoms with Crippen LogP contribution < -0.4 is 10.5 Å². The lowest BCUT2D eigenvalue weighted by Gasteiger charge is -2.23. The molecule has 0 spiro atoms. The number of rotatable bonds is 7. The summed E-state index contributed by atoms with van der Waals surface area (Å²) < 4.78 is 32.4. The third kappa shape index (κ3) is 3.75. The Labute approximate surface area is 127 Å². The van der Waals surface area contributed by atoms with Crippen LogP contribution in [0.5, 0.6) is 5.75 Å². The van der Waals surface area contributed by atoms with Crippen LogP contribution in [0.25, 0.3) is 0 Å². The molecule has 1 fully saturated rings. The van der Waals surface area contributed by atoms with Gasteiger partial charge in [0, 0.05) is 12.6 Å². The van der Waals surface area contributed by atoms with E-state index >= 15 is 0 Å². The maximum atomic E-state index is 12.6. The molecular formula is C15H24N2O3S. The zero-order chi connectivity index (χ0) is 15.3. The minimum atomic E-state index is -3.38. The van der Waals surface area contributed by atoms with Crippen molar-refractivity contribution in [1.82, 2.24) is 4.31 Å². The van der Waals surface area contributed by atoms with Crippen molar-refractivity contribution in [2.45, 2.75) is 43.5 Å². The summed E-state index contributed by atoms with van der Waals surface area (Å²) in [5.41, 5.74) is 5.41. The molecule has 0 amide bonds. The zero-order valence-corrected chi connectivity index (χ0v) is 13.3. The van der Waals surface area contributed by atoms with E-state index in [0.717, 1.165) is 25.7 Å². The molecule has 0 aromatic heterocycles. The number of nitrogens with zero attached hydrogens (tertiary/aromatic N) is 1. The lowest BCUT2D eigenvalue weighted by Crippen LogP contribution is -2.35. The first-order valence-electron chi connectivity index (χ1n) is 7.54. The van der Waals surface area contributed by atoms with Gasteiger partial charge in [0.2, 0.25) is 10.0 Å². The van der Waals surface area contributed by atoms with Crippen molar-refractivity contribution in [3.05, 3.63) is 24.3 Å². The van der Waals surface area contributed by atoms with Crippen molar-refractivity contribution in [2.75, 3.05) is 19.7 Å². The van der Waals surface area contributed by atoms with Gasteiger partial charge in [0.15, 0.2) is 0 Å². The summed E-state index contributed by atoms with van der Waals surface area (Å²) in [7, 11) is -3.38. The average molecular weight is 312 g/mol. The Bertz CT molecular complexity index is 543. The summed E-state index contributed by atoms with van der Waals surface area (Å²) in [6, 6.07) is 6.80. The molecule has 1 aliphatic rings. The second kappa shape index (κ2) is 7.24. The number of ether oxygens (including phenoxy) is 1. The molecule has 2 rings (SSSR count). The molecule has 1 aliphatic heterocycles. The lowest BCUT2D eigenvalue weighted by molar-refractivity contribution is 0.313. The highest BCUT2D eigenvalue weighted by atomic mass is 32.2. The van der Waals surface area contributed by atoms with Gasteiger partial charge in [-0.1, -0.05) is 6.92 Å². The zero-order valence-electron chi connectivity index (χ0n) is 12.5. The normalized spacial score (nSPS) is 19.8. The van der Waals surface area contributed by atoms with E-state index in [1.54, 1.807) is 28.6 Å². The van der Waals surface area contributed by atoms with Crippen LogP contribution in [0.1, 0.15) is 32.6 Å². The maximum Gasteiger partial charge on any atom is 0.243 e. The SMILES string of the molecule is CCC1CCCN1S(=O)(=O)c1ccc(OCCCN)cc1. The molecule has 5 nitrogen and oxygen atoms in total. The van der Waals surface area contributed by atoms with E-state index in [9.17, 15) is 8.42 Å². The van der Waals surface area contributed by atoms with Gasteiger partial charge in [0.05, 0.1) is 11.5 Å². The first kappa shape index (κ1) is 16.3. The molecule has 6 heteroatoms. The molecular weight excluding hydrogens is 288 g/mol. The lowest BCUT2D eigenvalue weighted by atomic mass is 10.2. The van der Waals surface area contributed by atoms with E-state index in [1.165, 1.54) is 0 Å². The summed E-state index contributed by atoms with van der Waals surface area (Å²) in [6.45, 7) is 3.79. The van der Waals surface area contributed by atoms with E-state index in [1.807, 2.05) is 6.92 Å². The van der Waals surface area contributed by atoms with Crippen LogP contribution in [0.2, 0.25) is 0 Å². The molecule has 21 heavy (non-hydrogen) atoms. The van der Waals surface area contributed by atoms with Crippen LogP contribution >= 0.6 is 0 Å². The molecule has 1 aromatic rings. The minimum absolute atomic E-state index is 0.135. The van der Waals surface area contributed by atoms with Crippen LogP contribution in [0.4, 0.5) is 0 Å². The van der Waals surface area contributed by atoms with Crippen LogP contribution in [0.15, 0.2) is 29.2 Å². The highest BCUT2D eigenvalue weighted by Gasteiger charge is 2.33. The van der Waals surface area contributed by atoms with Crippen molar-refractivity contribution in [2.24, 2.45) is 5.73 Å². The average Bonchev–Trinajstić information content (AvgIpc) is 2.97. The number of hydrogen-bond donors (Lipinski definition) is 1. The Morgan fingerprint density at radius 1 is 1.33 bits per heavy atom. The number of benzene rings is 1. The van der Waals surface area contributed by atoms with Crippen LogP contribution in [0.3, 0.4) is 0 Å². The van der Waals surface area contributed by atoms with Crippen molar-refractivity contribution in [1.29, 1.82) is 0 Å². The van der Waals surface area contributed by atoms with Gasteiger partial charge in [0.25, 0.3) is 0 Å².